The van der Waals surface area contributed by atoms with Crippen molar-refractivity contribution >= 4 is 17.3 Å². The Balaban J connectivity index is 2.16. The van der Waals surface area contributed by atoms with E-state index in [0.29, 0.717) is 5.92 Å². The second kappa shape index (κ2) is 6.55. The van der Waals surface area contributed by atoms with Crippen LogP contribution < -0.4 is 0 Å². The molecule has 0 unspecified atom stereocenters. The second-order valence-electron chi connectivity index (χ2n) is 6.85. The van der Waals surface area contributed by atoms with Crippen LogP contribution in [0.1, 0.15) is 63.5 Å². The predicted molar refractivity (Wildman–Crippen MR) is 85.9 cm³/mol. The van der Waals surface area contributed by atoms with Gasteiger partial charge in [0, 0.05) is 18.8 Å². The Labute approximate surface area is 132 Å². The van der Waals surface area contributed by atoms with Crippen LogP contribution in [0.15, 0.2) is 24.3 Å². The third kappa shape index (κ3) is 3.34. The molecule has 0 N–H and O–H groups in total. The van der Waals surface area contributed by atoms with Crippen molar-refractivity contribution in [2.45, 2.75) is 52.4 Å². The molecule has 0 spiro atoms. The lowest BCUT2D eigenvalue weighted by atomic mass is 9.73. The molecule has 1 saturated carbocycles. The summed E-state index contributed by atoms with van der Waals surface area (Å²) in [5.41, 5.74) is 2.26. The molecule has 0 atom stereocenters. The monoisotopic (exact) mass is 300 g/mol. The van der Waals surface area contributed by atoms with Crippen LogP contribution in [0.4, 0.5) is 0 Å². The maximum atomic E-state index is 12.3. The molecule has 0 bridgehead atoms. The summed E-state index contributed by atoms with van der Waals surface area (Å²) in [5, 5.41) is 0. The molecule has 1 fully saturated rings. The fourth-order valence-electron chi connectivity index (χ4n) is 3.01. The van der Waals surface area contributed by atoms with Crippen molar-refractivity contribution < 1.29 is 14.4 Å². The van der Waals surface area contributed by atoms with Crippen molar-refractivity contribution in [1.82, 2.24) is 0 Å². The minimum Gasteiger partial charge on any atom is -0.298 e. The van der Waals surface area contributed by atoms with E-state index in [4.69, 9.17) is 0 Å². The van der Waals surface area contributed by atoms with E-state index < -0.39 is 5.92 Å². The van der Waals surface area contributed by atoms with Gasteiger partial charge in [-0.25, -0.2) is 0 Å². The minimum atomic E-state index is -1.02. The SMILES string of the molecule is CC(C)C(=O)C1C(=O)CC(c2ccc(C(C)C)cc2)CC1=O. The first kappa shape index (κ1) is 16.6. The fraction of sp³-hybridized carbons (Fsp3) is 0.526. The molecule has 0 amide bonds. The first-order valence-electron chi connectivity index (χ1n) is 8.00. The van der Waals surface area contributed by atoms with Crippen LogP contribution in [0.2, 0.25) is 0 Å². The maximum absolute atomic E-state index is 12.3. The van der Waals surface area contributed by atoms with E-state index in [1.807, 2.05) is 12.1 Å². The first-order valence-corrected chi connectivity index (χ1v) is 8.00. The second-order valence-corrected chi connectivity index (χ2v) is 6.85. The van der Waals surface area contributed by atoms with Gasteiger partial charge in [0.05, 0.1) is 0 Å². The van der Waals surface area contributed by atoms with Crippen LogP contribution in [-0.2, 0) is 14.4 Å². The fourth-order valence-corrected chi connectivity index (χ4v) is 3.01. The maximum Gasteiger partial charge on any atom is 0.153 e. The van der Waals surface area contributed by atoms with E-state index in [1.54, 1.807) is 13.8 Å². The van der Waals surface area contributed by atoms with Crippen LogP contribution >= 0.6 is 0 Å². The molecule has 1 aliphatic rings. The Bertz CT molecular complexity index is 563. The Kier molecular flexibility index (Phi) is 4.94. The topological polar surface area (TPSA) is 51.2 Å². The number of carbonyl (C=O) groups excluding carboxylic acids is 3. The van der Waals surface area contributed by atoms with Gasteiger partial charge in [-0.3, -0.25) is 14.4 Å². The van der Waals surface area contributed by atoms with Crippen molar-refractivity contribution in [2.24, 2.45) is 11.8 Å². The number of hydrogen-bond donors (Lipinski definition) is 0. The number of rotatable bonds is 4. The zero-order valence-electron chi connectivity index (χ0n) is 13.8. The molecule has 1 aromatic carbocycles. The average molecular weight is 300 g/mol. The van der Waals surface area contributed by atoms with Gasteiger partial charge < -0.3 is 0 Å². The molecule has 2 rings (SSSR count). The lowest BCUT2D eigenvalue weighted by Crippen LogP contribution is -2.39. The third-order valence-electron chi connectivity index (χ3n) is 4.47. The van der Waals surface area contributed by atoms with E-state index >= 15 is 0 Å². The number of benzene rings is 1. The van der Waals surface area contributed by atoms with Crippen molar-refractivity contribution in [3.63, 3.8) is 0 Å². The minimum absolute atomic E-state index is 0.0857. The van der Waals surface area contributed by atoms with Crippen LogP contribution in [-0.4, -0.2) is 17.3 Å². The number of hydrogen-bond acceptors (Lipinski definition) is 3. The van der Waals surface area contributed by atoms with Crippen molar-refractivity contribution in [2.75, 3.05) is 0 Å². The summed E-state index contributed by atoms with van der Waals surface area (Å²) in [4.78, 5) is 36.6. The molecule has 0 saturated heterocycles. The van der Waals surface area contributed by atoms with Gasteiger partial charge in [0.25, 0.3) is 0 Å². The Morgan fingerprint density at radius 1 is 0.955 bits per heavy atom. The molecule has 3 heteroatoms. The third-order valence-corrected chi connectivity index (χ3v) is 4.47. The predicted octanol–water partition coefficient (Wildman–Crippen LogP) is 3.67. The number of Topliss-reactive ketones (excluding diaryl/α,β-unsaturated/α-hetero) is 3. The number of ketones is 3. The zero-order valence-corrected chi connectivity index (χ0v) is 13.8. The van der Waals surface area contributed by atoms with Crippen LogP contribution in [0, 0.1) is 11.8 Å². The Hall–Kier alpha value is -1.77. The van der Waals surface area contributed by atoms with Crippen molar-refractivity contribution in [1.29, 1.82) is 0 Å². The molecule has 0 radical (unpaired) electrons. The highest BCUT2D eigenvalue weighted by molar-refractivity contribution is 6.21. The highest BCUT2D eigenvalue weighted by Gasteiger charge is 2.40. The summed E-state index contributed by atoms with van der Waals surface area (Å²) in [6, 6.07) is 8.12. The molecule has 118 valence electrons. The van der Waals surface area contributed by atoms with Gasteiger partial charge in [0.1, 0.15) is 5.92 Å². The van der Waals surface area contributed by atoms with Gasteiger partial charge in [-0.1, -0.05) is 52.0 Å². The quantitative estimate of drug-likeness (QED) is 0.797. The first-order chi connectivity index (χ1) is 10.3. The molecule has 1 aromatic rings. The standard InChI is InChI=1S/C19H24O3/c1-11(2)13-5-7-14(8-6-13)15-9-16(20)18(17(21)10-15)19(22)12(3)4/h5-8,11-12,15,18H,9-10H2,1-4H3. The summed E-state index contributed by atoms with van der Waals surface area (Å²) in [7, 11) is 0. The molecular formula is C19H24O3. The largest absolute Gasteiger partial charge is 0.298 e. The summed E-state index contributed by atoms with van der Waals surface area (Å²) in [6.07, 6.45) is 0.575. The van der Waals surface area contributed by atoms with Crippen molar-refractivity contribution in [3.05, 3.63) is 35.4 Å². The normalized spacial score (nSPS) is 22.5. The van der Waals surface area contributed by atoms with E-state index in [-0.39, 0.29) is 42.0 Å². The van der Waals surface area contributed by atoms with Gasteiger partial charge in [-0.15, -0.1) is 0 Å². The van der Waals surface area contributed by atoms with Crippen LogP contribution in [0.5, 0.6) is 0 Å². The molecule has 1 aliphatic carbocycles. The van der Waals surface area contributed by atoms with E-state index in [2.05, 4.69) is 26.0 Å². The van der Waals surface area contributed by atoms with Gasteiger partial charge in [-0.05, 0) is 23.0 Å². The summed E-state index contributed by atoms with van der Waals surface area (Å²) >= 11 is 0. The Morgan fingerprint density at radius 3 is 1.86 bits per heavy atom. The van der Waals surface area contributed by atoms with Gasteiger partial charge in [0.15, 0.2) is 17.3 Å². The van der Waals surface area contributed by atoms with Gasteiger partial charge in [-0.2, -0.15) is 0 Å². The van der Waals surface area contributed by atoms with Crippen molar-refractivity contribution in [3.8, 4) is 0 Å². The van der Waals surface area contributed by atoms with E-state index in [0.717, 1.165) is 5.56 Å². The molecule has 22 heavy (non-hydrogen) atoms. The molecular weight excluding hydrogens is 276 g/mol. The van der Waals surface area contributed by atoms with E-state index in [9.17, 15) is 14.4 Å². The molecule has 3 nitrogen and oxygen atoms in total. The lowest BCUT2D eigenvalue weighted by molar-refractivity contribution is -0.143. The highest BCUT2D eigenvalue weighted by atomic mass is 16.2. The summed E-state index contributed by atoms with van der Waals surface area (Å²) < 4.78 is 0. The molecule has 0 aliphatic heterocycles. The summed E-state index contributed by atoms with van der Waals surface area (Å²) in [6.45, 7) is 7.73. The Morgan fingerprint density at radius 2 is 1.45 bits per heavy atom. The van der Waals surface area contributed by atoms with Crippen LogP contribution in [0.3, 0.4) is 0 Å². The average Bonchev–Trinajstić information content (AvgIpc) is 2.46. The molecule has 0 heterocycles. The number of carbonyl (C=O) groups is 3. The lowest BCUT2D eigenvalue weighted by Gasteiger charge is -2.27. The summed E-state index contributed by atoms with van der Waals surface area (Å²) in [5.74, 6) is -1.59. The highest BCUT2D eigenvalue weighted by Crippen LogP contribution is 2.33. The van der Waals surface area contributed by atoms with Gasteiger partial charge in [0.2, 0.25) is 0 Å². The van der Waals surface area contributed by atoms with E-state index in [1.165, 1.54) is 5.56 Å². The molecule has 0 aromatic heterocycles. The van der Waals surface area contributed by atoms with Gasteiger partial charge >= 0.3 is 0 Å². The smallest absolute Gasteiger partial charge is 0.153 e. The van der Waals surface area contributed by atoms with Crippen LogP contribution in [0.25, 0.3) is 0 Å². The zero-order chi connectivity index (χ0) is 16.4.